The fraction of sp³-hybridized carbons (Fsp3) is 0.200. The summed E-state index contributed by atoms with van der Waals surface area (Å²) in [6.45, 7) is 3.65. The lowest BCUT2D eigenvalue weighted by molar-refractivity contribution is -0.118. The Morgan fingerprint density at radius 3 is 2.14 bits per heavy atom. The zero-order valence-corrected chi connectivity index (χ0v) is 11.8. The van der Waals surface area contributed by atoms with E-state index in [4.69, 9.17) is 0 Å². The summed E-state index contributed by atoms with van der Waals surface area (Å²) in [4.78, 5) is 31.2. The second-order valence-corrected chi connectivity index (χ2v) is 4.77. The zero-order valence-electron chi connectivity index (χ0n) is 11.8. The predicted molar refractivity (Wildman–Crippen MR) is 79.9 cm³/mol. The van der Waals surface area contributed by atoms with Crippen molar-refractivity contribution in [1.82, 2.24) is 9.97 Å². The molecule has 1 aromatic heterocycles. The van der Waals surface area contributed by atoms with Crippen molar-refractivity contribution in [1.29, 1.82) is 0 Å². The van der Waals surface area contributed by atoms with Crippen LogP contribution in [-0.4, -0.2) is 21.8 Å². The molecule has 0 aliphatic carbocycles. The molecule has 6 nitrogen and oxygen atoms in total. The second-order valence-electron chi connectivity index (χ2n) is 4.77. The fourth-order valence-electron chi connectivity index (χ4n) is 1.53. The van der Waals surface area contributed by atoms with Crippen LogP contribution in [0.15, 0.2) is 42.9 Å². The molecule has 0 saturated carbocycles. The van der Waals surface area contributed by atoms with Crippen molar-refractivity contribution in [3.8, 4) is 0 Å². The van der Waals surface area contributed by atoms with Crippen molar-refractivity contribution < 1.29 is 9.59 Å². The molecule has 0 spiro atoms. The number of benzene rings is 1. The summed E-state index contributed by atoms with van der Waals surface area (Å²) in [5, 5.41) is 5.49. The van der Waals surface area contributed by atoms with Gasteiger partial charge in [-0.2, -0.15) is 0 Å². The average Bonchev–Trinajstić information content (AvgIpc) is 2.50. The highest BCUT2D eigenvalue weighted by atomic mass is 16.2. The molecule has 2 rings (SSSR count). The number of rotatable bonds is 4. The standard InChI is InChI=1S/C15H16N4O2/c1-10(2)14(20)18-11-3-5-12(6-4-11)19-15(21)13-9-16-7-8-17-13/h3-10H,1-2H3,(H,18,20)(H,19,21). The number of anilines is 2. The van der Waals surface area contributed by atoms with Crippen molar-refractivity contribution in [2.45, 2.75) is 13.8 Å². The van der Waals surface area contributed by atoms with Crippen LogP contribution in [0, 0.1) is 5.92 Å². The SMILES string of the molecule is CC(C)C(=O)Nc1ccc(NC(=O)c2cnccn2)cc1. The Labute approximate surface area is 122 Å². The highest BCUT2D eigenvalue weighted by molar-refractivity contribution is 6.02. The Morgan fingerprint density at radius 1 is 1.00 bits per heavy atom. The van der Waals surface area contributed by atoms with Gasteiger partial charge in [-0.3, -0.25) is 14.6 Å². The van der Waals surface area contributed by atoms with E-state index in [1.807, 2.05) is 13.8 Å². The molecule has 2 amide bonds. The van der Waals surface area contributed by atoms with Crippen molar-refractivity contribution in [2.75, 3.05) is 10.6 Å². The molecule has 6 heteroatoms. The van der Waals surface area contributed by atoms with Crippen LogP contribution in [0.25, 0.3) is 0 Å². The van der Waals surface area contributed by atoms with E-state index < -0.39 is 0 Å². The summed E-state index contributed by atoms with van der Waals surface area (Å²) >= 11 is 0. The molecular weight excluding hydrogens is 268 g/mol. The van der Waals surface area contributed by atoms with Crippen LogP contribution in [0.3, 0.4) is 0 Å². The number of carbonyl (C=O) groups is 2. The van der Waals surface area contributed by atoms with E-state index in [0.29, 0.717) is 11.4 Å². The Balaban J connectivity index is 2.00. The van der Waals surface area contributed by atoms with Crippen molar-refractivity contribution in [3.63, 3.8) is 0 Å². The number of nitrogens with one attached hydrogen (secondary N) is 2. The third kappa shape index (κ3) is 4.10. The molecule has 21 heavy (non-hydrogen) atoms. The Morgan fingerprint density at radius 2 is 1.62 bits per heavy atom. The van der Waals surface area contributed by atoms with E-state index in [-0.39, 0.29) is 23.4 Å². The smallest absolute Gasteiger partial charge is 0.275 e. The minimum absolute atomic E-state index is 0.0497. The van der Waals surface area contributed by atoms with Crippen molar-refractivity contribution in [2.24, 2.45) is 5.92 Å². The molecule has 0 aliphatic rings. The Hall–Kier alpha value is -2.76. The van der Waals surface area contributed by atoms with Gasteiger partial charge >= 0.3 is 0 Å². The van der Waals surface area contributed by atoms with Gasteiger partial charge in [-0.15, -0.1) is 0 Å². The van der Waals surface area contributed by atoms with Crippen LogP contribution < -0.4 is 10.6 Å². The van der Waals surface area contributed by atoms with Gasteiger partial charge in [0, 0.05) is 29.7 Å². The number of carbonyl (C=O) groups excluding carboxylic acids is 2. The molecule has 0 bridgehead atoms. The molecule has 0 atom stereocenters. The Kier molecular flexibility index (Phi) is 4.61. The van der Waals surface area contributed by atoms with Crippen molar-refractivity contribution in [3.05, 3.63) is 48.5 Å². The van der Waals surface area contributed by atoms with E-state index >= 15 is 0 Å². The molecule has 0 unspecified atom stereocenters. The van der Waals surface area contributed by atoms with E-state index in [2.05, 4.69) is 20.6 Å². The lowest BCUT2D eigenvalue weighted by atomic mass is 10.2. The summed E-state index contributed by atoms with van der Waals surface area (Å²) in [6.07, 6.45) is 4.36. The lowest BCUT2D eigenvalue weighted by Crippen LogP contribution is -2.17. The van der Waals surface area contributed by atoms with Gasteiger partial charge in [0.2, 0.25) is 5.91 Å². The van der Waals surface area contributed by atoms with Crippen LogP contribution in [0.4, 0.5) is 11.4 Å². The summed E-state index contributed by atoms with van der Waals surface area (Å²) in [5.74, 6) is -0.463. The molecule has 2 N–H and O–H groups in total. The zero-order chi connectivity index (χ0) is 15.2. The van der Waals surface area contributed by atoms with E-state index in [1.165, 1.54) is 18.6 Å². The van der Waals surface area contributed by atoms with Gasteiger partial charge in [0.05, 0.1) is 6.20 Å². The van der Waals surface area contributed by atoms with Gasteiger partial charge in [0.25, 0.3) is 5.91 Å². The van der Waals surface area contributed by atoms with Crippen molar-refractivity contribution >= 4 is 23.2 Å². The second kappa shape index (κ2) is 6.60. The molecule has 2 aromatic rings. The number of hydrogen-bond acceptors (Lipinski definition) is 4. The van der Waals surface area contributed by atoms with Gasteiger partial charge in [-0.25, -0.2) is 4.98 Å². The maximum atomic E-state index is 11.9. The number of amides is 2. The molecule has 108 valence electrons. The summed E-state index contributed by atoms with van der Waals surface area (Å²) in [6, 6.07) is 6.88. The van der Waals surface area contributed by atoms with E-state index in [9.17, 15) is 9.59 Å². The Bertz CT molecular complexity index is 624. The van der Waals surface area contributed by atoms with Crippen LogP contribution in [0.1, 0.15) is 24.3 Å². The molecular formula is C15H16N4O2. The van der Waals surface area contributed by atoms with Gasteiger partial charge < -0.3 is 10.6 Å². The number of nitrogens with zero attached hydrogens (tertiary/aromatic N) is 2. The summed E-state index contributed by atoms with van der Waals surface area (Å²) < 4.78 is 0. The topological polar surface area (TPSA) is 84.0 Å². The molecule has 1 heterocycles. The summed E-state index contributed by atoms with van der Waals surface area (Å²) in [5.41, 5.74) is 1.55. The van der Waals surface area contributed by atoms with E-state index in [1.54, 1.807) is 24.3 Å². The molecule has 0 fully saturated rings. The third-order valence-electron chi connectivity index (χ3n) is 2.73. The van der Waals surface area contributed by atoms with Gasteiger partial charge in [0.1, 0.15) is 5.69 Å². The molecule has 0 saturated heterocycles. The largest absolute Gasteiger partial charge is 0.326 e. The number of aromatic nitrogens is 2. The average molecular weight is 284 g/mol. The van der Waals surface area contributed by atoms with Crippen LogP contribution in [0.2, 0.25) is 0 Å². The van der Waals surface area contributed by atoms with Gasteiger partial charge in [0.15, 0.2) is 0 Å². The predicted octanol–water partition coefficient (Wildman–Crippen LogP) is 2.32. The van der Waals surface area contributed by atoms with Crippen LogP contribution >= 0.6 is 0 Å². The monoisotopic (exact) mass is 284 g/mol. The summed E-state index contributed by atoms with van der Waals surface area (Å²) in [7, 11) is 0. The molecule has 0 radical (unpaired) electrons. The minimum atomic E-state index is -0.331. The van der Waals surface area contributed by atoms with Gasteiger partial charge in [-0.05, 0) is 24.3 Å². The minimum Gasteiger partial charge on any atom is -0.326 e. The number of hydrogen-bond donors (Lipinski definition) is 2. The highest BCUT2D eigenvalue weighted by Crippen LogP contribution is 2.15. The quantitative estimate of drug-likeness (QED) is 0.902. The molecule has 1 aromatic carbocycles. The molecule has 0 aliphatic heterocycles. The van der Waals surface area contributed by atoms with Gasteiger partial charge in [-0.1, -0.05) is 13.8 Å². The first kappa shape index (κ1) is 14.6. The van der Waals surface area contributed by atoms with Crippen LogP contribution in [-0.2, 0) is 4.79 Å². The third-order valence-corrected chi connectivity index (χ3v) is 2.73. The lowest BCUT2D eigenvalue weighted by Gasteiger charge is -2.09. The maximum absolute atomic E-state index is 11.9. The maximum Gasteiger partial charge on any atom is 0.275 e. The highest BCUT2D eigenvalue weighted by Gasteiger charge is 2.09. The first-order valence-corrected chi connectivity index (χ1v) is 6.54. The fourth-order valence-corrected chi connectivity index (χ4v) is 1.53. The first-order chi connectivity index (χ1) is 10.1. The van der Waals surface area contributed by atoms with E-state index in [0.717, 1.165) is 0 Å². The normalized spacial score (nSPS) is 10.2. The first-order valence-electron chi connectivity index (χ1n) is 6.54. The van der Waals surface area contributed by atoms with Crippen LogP contribution in [0.5, 0.6) is 0 Å².